The molecule has 0 aromatic heterocycles. The second-order valence-corrected chi connectivity index (χ2v) is 13.6. The number of aliphatic carboxylic acids is 1. The fraction of sp³-hybridized carbons (Fsp3) is 0.897. The molecule has 3 heteroatoms. The van der Waals surface area contributed by atoms with E-state index < -0.39 is 17.0 Å². The Bertz CT molecular complexity index is 781. The minimum atomic E-state index is -1.66. The molecule has 3 fully saturated rings. The average Bonchev–Trinajstić information content (AvgIpc) is 3.11. The number of allylic oxidation sites excluding steroid dienone is 1. The number of carboxylic acid groups (broad SMARTS) is 1. The van der Waals surface area contributed by atoms with Gasteiger partial charge in [0.05, 0.1) is 0 Å². The van der Waals surface area contributed by atoms with Crippen LogP contribution in [0.25, 0.3) is 0 Å². The SMILES string of the molecule is CC(C)CCCC(C)C1CCC2C3CC=C4C(C)(CC(O)(C(=O)O)C4(C)C)C3CCC12C. The zero-order chi connectivity index (χ0) is 23.7. The van der Waals surface area contributed by atoms with Gasteiger partial charge in [-0.1, -0.05) is 79.4 Å². The maximum atomic E-state index is 12.2. The van der Waals surface area contributed by atoms with Crippen molar-refractivity contribution in [3.05, 3.63) is 11.6 Å². The topological polar surface area (TPSA) is 57.5 Å². The molecule has 8 atom stereocenters. The molecule has 0 aromatic carbocycles. The molecule has 4 rings (SSSR count). The maximum absolute atomic E-state index is 12.2. The van der Waals surface area contributed by atoms with Crippen molar-refractivity contribution in [2.45, 2.75) is 112 Å². The Labute approximate surface area is 196 Å². The lowest BCUT2D eigenvalue weighted by atomic mass is 9.48. The molecule has 2 N–H and O–H groups in total. The van der Waals surface area contributed by atoms with Crippen LogP contribution in [0.2, 0.25) is 0 Å². The summed E-state index contributed by atoms with van der Waals surface area (Å²) in [4.78, 5) is 12.2. The zero-order valence-corrected chi connectivity index (χ0v) is 21.7. The summed E-state index contributed by atoms with van der Waals surface area (Å²) in [6.07, 6.45) is 13.0. The van der Waals surface area contributed by atoms with Crippen LogP contribution in [0.15, 0.2) is 11.6 Å². The maximum Gasteiger partial charge on any atom is 0.336 e. The standard InChI is InChI=1S/C29H48O3/c1-18(2)9-8-10-19(3)21-12-13-22-20-11-14-24-26(4,5)29(32,25(30)31)17-28(24,7)23(20)15-16-27(21,22)6/h14,18-23,32H,8-13,15-17H2,1-7H3,(H,30,31). The highest BCUT2D eigenvalue weighted by molar-refractivity contribution is 5.81. The van der Waals surface area contributed by atoms with Gasteiger partial charge in [0.1, 0.15) is 0 Å². The van der Waals surface area contributed by atoms with Gasteiger partial charge in [0.25, 0.3) is 0 Å². The van der Waals surface area contributed by atoms with E-state index >= 15 is 0 Å². The molecular weight excluding hydrogens is 396 g/mol. The van der Waals surface area contributed by atoms with Crippen LogP contribution in [0.3, 0.4) is 0 Å². The normalized spacial score (nSPS) is 45.7. The van der Waals surface area contributed by atoms with Gasteiger partial charge in [-0.3, -0.25) is 0 Å². The average molecular weight is 445 g/mol. The van der Waals surface area contributed by atoms with E-state index in [1.165, 1.54) is 50.5 Å². The van der Waals surface area contributed by atoms with Gasteiger partial charge in [-0.25, -0.2) is 4.79 Å². The first kappa shape index (κ1) is 24.3. The summed E-state index contributed by atoms with van der Waals surface area (Å²) in [5.41, 5.74) is -0.912. The van der Waals surface area contributed by atoms with Gasteiger partial charge in [-0.2, -0.15) is 0 Å². The van der Waals surface area contributed by atoms with Crippen LogP contribution in [-0.4, -0.2) is 21.8 Å². The molecule has 182 valence electrons. The van der Waals surface area contributed by atoms with Crippen molar-refractivity contribution < 1.29 is 15.0 Å². The van der Waals surface area contributed by atoms with Crippen LogP contribution >= 0.6 is 0 Å². The molecule has 0 saturated heterocycles. The van der Waals surface area contributed by atoms with Gasteiger partial charge in [0.15, 0.2) is 5.60 Å². The van der Waals surface area contributed by atoms with Crippen LogP contribution in [0.5, 0.6) is 0 Å². The molecule has 8 unspecified atom stereocenters. The third kappa shape index (κ3) is 3.27. The van der Waals surface area contributed by atoms with E-state index in [0.717, 1.165) is 30.1 Å². The molecule has 0 spiro atoms. The number of hydrogen-bond donors (Lipinski definition) is 2. The lowest BCUT2D eigenvalue weighted by Crippen LogP contribution is -2.49. The molecule has 3 saturated carbocycles. The summed E-state index contributed by atoms with van der Waals surface area (Å²) in [7, 11) is 0. The number of rotatable bonds is 6. The number of carboxylic acids is 1. The van der Waals surface area contributed by atoms with E-state index in [9.17, 15) is 15.0 Å². The summed E-state index contributed by atoms with van der Waals surface area (Å²) in [5, 5.41) is 21.3. The molecule has 32 heavy (non-hydrogen) atoms. The third-order valence-corrected chi connectivity index (χ3v) is 11.4. The number of fused-ring (bicyclic) bond motifs is 5. The number of hydrogen-bond acceptors (Lipinski definition) is 2. The van der Waals surface area contributed by atoms with E-state index in [0.29, 0.717) is 23.7 Å². The monoisotopic (exact) mass is 444 g/mol. The fourth-order valence-corrected chi connectivity index (χ4v) is 9.63. The first-order valence-corrected chi connectivity index (χ1v) is 13.5. The van der Waals surface area contributed by atoms with Gasteiger partial charge in [-0.05, 0) is 84.9 Å². The molecule has 4 aliphatic rings. The molecule has 0 radical (unpaired) electrons. The van der Waals surface area contributed by atoms with E-state index in [2.05, 4.69) is 40.7 Å². The summed E-state index contributed by atoms with van der Waals surface area (Å²) < 4.78 is 0. The van der Waals surface area contributed by atoms with Crippen molar-refractivity contribution in [2.75, 3.05) is 0 Å². The Morgan fingerprint density at radius 3 is 2.38 bits per heavy atom. The minimum Gasteiger partial charge on any atom is -0.479 e. The van der Waals surface area contributed by atoms with Crippen molar-refractivity contribution in [3.63, 3.8) is 0 Å². The van der Waals surface area contributed by atoms with Crippen LogP contribution in [0.1, 0.15) is 106 Å². The van der Waals surface area contributed by atoms with Crippen LogP contribution in [-0.2, 0) is 4.79 Å². The Hall–Kier alpha value is -0.830. The number of carbonyl (C=O) groups is 1. The lowest BCUT2D eigenvalue weighted by Gasteiger charge is -2.56. The smallest absolute Gasteiger partial charge is 0.336 e. The van der Waals surface area contributed by atoms with Crippen LogP contribution in [0.4, 0.5) is 0 Å². The summed E-state index contributed by atoms with van der Waals surface area (Å²) in [6.45, 7) is 16.0. The molecule has 3 nitrogen and oxygen atoms in total. The molecule has 0 amide bonds. The van der Waals surface area contributed by atoms with Gasteiger partial charge in [-0.15, -0.1) is 0 Å². The van der Waals surface area contributed by atoms with Gasteiger partial charge >= 0.3 is 5.97 Å². The number of aliphatic hydroxyl groups is 1. The lowest BCUT2D eigenvalue weighted by molar-refractivity contribution is -0.168. The Morgan fingerprint density at radius 2 is 1.75 bits per heavy atom. The molecule has 4 aliphatic carbocycles. The highest BCUT2D eigenvalue weighted by Crippen LogP contribution is 2.71. The summed E-state index contributed by atoms with van der Waals surface area (Å²) in [5.74, 6) is 3.27. The van der Waals surface area contributed by atoms with Crippen molar-refractivity contribution in [2.24, 2.45) is 51.8 Å². The molecule has 0 heterocycles. The molecule has 0 aliphatic heterocycles. The van der Waals surface area contributed by atoms with Gasteiger partial charge < -0.3 is 10.2 Å². The first-order valence-electron chi connectivity index (χ1n) is 13.5. The zero-order valence-electron chi connectivity index (χ0n) is 21.7. The van der Waals surface area contributed by atoms with Crippen LogP contribution in [0, 0.1) is 51.8 Å². The first-order chi connectivity index (χ1) is 14.8. The summed E-state index contributed by atoms with van der Waals surface area (Å²) >= 11 is 0. The highest BCUT2D eigenvalue weighted by atomic mass is 16.4. The Morgan fingerprint density at radius 1 is 1.06 bits per heavy atom. The Balaban J connectivity index is 1.57. The highest BCUT2D eigenvalue weighted by Gasteiger charge is 2.69. The van der Waals surface area contributed by atoms with E-state index in [4.69, 9.17) is 0 Å². The predicted octanol–water partition coefficient (Wildman–Crippen LogP) is 7.09. The van der Waals surface area contributed by atoms with Crippen LogP contribution < -0.4 is 0 Å². The van der Waals surface area contributed by atoms with E-state index in [1.54, 1.807) is 0 Å². The van der Waals surface area contributed by atoms with E-state index in [-0.39, 0.29) is 5.41 Å². The van der Waals surface area contributed by atoms with Gasteiger partial charge in [0, 0.05) is 5.41 Å². The molecule has 0 bridgehead atoms. The van der Waals surface area contributed by atoms with Crippen molar-refractivity contribution >= 4 is 5.97 Å². The van der Waals surface area contributed by atoms with Crippen molar-refractivity contribution in [3.8, 4) is 0 Å². The third-order valence-electron chi connectivity index (χ3n) is 11.4. The van der Waals surface area contributed by atoms with Crippen molar-refractivity contribution in [1.82, 2.24) is 0 Å². The fourth-order valence-electron chi connectivity index (χ4n) is 9.63. The Kier molecular flexibility index (Phi) is 5.96. The second kappa shape index (κ2) is 7.85. The second-order valence-electron chi connectivity index (χ2n) is 13.6. The minimum absolute atomic E-state index is 0.193. The quantitative estimate of drug-likeness (QED) is 0.430. The molecule has 0 aromatic rings. The van der Waals surface area contributed by atoms with Crippen molar-refractivity contribution in [1.29, 1.82) is 0 Å². The van der Waals surface area contributed by atoms with Gasteiger partial charge in [0.2, 0.25) is 0 Å². The predicted molar refractivity (Wildman–Crippen MR) is 130 cm³/mol. The molecular formula is C29H48O3. The summed E-state index contributed by atoms with van der Waals surface area (Å²) in [6, 6.07) is 0. The largest absolute Gasteiger partial charge is 0.479 e. The van der Waals surface area contributed by atoms with E-state index in [1.807, 2.05) is 13.8 Å².